The van der Waals surface area contributed by atoms with E-state index < -0.39 is 18.5 Å². The highest BCUT2D eigenvalue weighted by molar-refractivity contribution is 5.96. The average molecular weight is 359 g/mol. The molecule has 7 heteroatoms. The number of hydrazone groups is 1. The zero-order chi connectivity index (χ0) is 18.9. The van der Waals surface area contributed by atoms with E-state index >= 15 is 0 Å². The van der Waals surface area contributed by atoms with Gasteiger partial charge in [0.05, 0.1) is 7.11 Å². The van der Waals surface area contributed by atoms with Crippen LogP contribution in [0.2, 0.25) is 0 Å². The lowest BCUT2D eigenvalue weighted by Crippen LogP contribution is -2.35. The summed E-state index contributed by atoms with van der Waals surface area (Å²) in [7, 11) is 1.42. The first kappa shape index (κ1) is 18.4. The fourth-order valence-corrected chi connectivity index (χ4v) is 4.18. The molecule has 0 aliphatic heterocycles. The van der Waals surface area contributed by atoms with Crippen molar-refractivity contribution in [2.24, 2.45) is 21.8 Å². The van der Waals surface area contributed by atoms with Crippen LogP contribution in [0.5, 0.6) is 5.88 Å². The van der Waals surface area contributed by atoms with Gasteiger partial charge in [-0.15, -0.1) is 0 Å². The molecule has 0 saturated heterocycles. The van der Waals surface area contributed by atoms with Gasteiger partial charge in [0.25, 0.3) is 5.91 Å². The molecule has 2 bridgehead atoms. The van der Waals surface area contributed by atoms with E-state index in [9.17, 15) is 9.59 Å². The van der Waals surface area contributed by atoms with Gasteiger partial charge in [0.1, 0.15) is 5.56 Å². The number of carbonyl (C=O) groups excluding carboxylic acids is 2. The summed E-state index contributed by atoms with van der Waals surface area (Å²) in [6.07, 6.45) is 4.72. The molecule has 1 aromatic rings. The Balaban J connectivity index is 1.56. The van der Waals surface area contributed by atoms with Crippen molar-refractivity contribution in [2.75, 3.05) is 13.7 Å². The van der Waals surface area contributed by atoms with Crippen LogP contribution in [0.25, 0.3) is 0 Å². The maximum Gasteiger partial charge on any atom is 0.344 e. The van der Waals surface area contributed by atoms with Crippen molar-refractivity contribution >= 4 is 17.6 Å². The highest BCUT2D eigenvalue weighted by Gasteiger charge is 2.60. The molecule has 0 aromatic carbocycles. The van der Waals surface area contributed by atoms with Gasteiger partial charge in [0.15, 0.2) is 6.61 Å². The van der Waals surface area contributed by atoms with E-state index in [1.165, 1.54) is 25.8 Å². The number of hydrogen-bond donors (Lipinski definition) is 1. The third kappa shape index (κ3) is 2.95. The van der Waals surface area contributed by atoms with Crippen molar-refractivity contribution in [3.63, 3.8) is 0 Å². The first-order chi connectivity index (χ1) is 12.3. The van der Waals surface area contributed by atoms with Crippen molar-refractivity contribution in [3.8, 4) is 5.88 Å². The number of hydrogen-bond acceptors (Lipinski definition) is 6. The molecule has 2 aliphatic rings. The Kier molecular flexibility index (Phi) is 4.73. The second kappa shape index (κ2) is 6.70. The molecule has 26 heavy (non-hydrogen) atoms. The second-order valence-electron chi connectivity index (χ2n) is 7.72. The lowest BCUT2D eigenvalue weighted by atomic mass is 9.70. The molecule has 7 nitrogen and oxygen atoms in total. The lowest BCUT2D eigenvalue weighted by Gasteiger charge is -2.34. The minimum atomic E-state index is -0.661. The zero-order valence-corrected chi connectivity index (χ0v) is 15.7. The molecule has 3 rings (SSSR count). The third-order valence-corrected chi connectivity index (χ3v) is 6.35. The van der Waals surface area contributed by atoms with Crippen LogP contribution in [0.1, 0.15) is 50.4 Å². The number of esters is 1. The third-order valence-electron chi connectivity index (χ3n) is 6.35. The number of pyridine rings is 1. The van der Waals surface area contributed by atoms with Crippen LogP contribution in [0.15, 0.2) is 23.4 Å². The van der Waals surface area contributed by atoms with Crippen molar-refractivity contribution in [2.45, 2.75) is 40.0 Å². The molecule has 1 heterocycles. The zero-order valence-electron chi connectivity index (χ0n) is 15.7. The van der Waals surface area contributed by atoms with Gasteiger partial charge in [0, 0.05) is 17.3 Å². The van der Waals surface area contributed by atoms with Gasteiger partial charge in [-0.25, -0.2) is 15.2 Å². The summed E-state index contributed by atoms with van der Waals surface area (Å²) in [5, 5.41) is 4.35. The number of aromatic nitrogens is 1. The molecular weight excluding hydrogens is 334 g/mol. The number of fused-ring (bicyclic) bond motifs is 2. The van der Waals surface area contributed by atoms with Gasteiger partial charge in [0.2, 0.25) is 5.88 Å². The first-order valence-corrected chi connectivity index (χ1v) is 8.81. The molecule has 1 N–H and O–H groups in total. The second-order valence-corrected chi connectivity index (χ2v) is 7.72. The van der Waals surface area contributed by atoms with Crippen LogP contribution >= 0.6 is 0 Å². The number of nitrogens with one attached hydrogen (secondary N) is 1. The maximum absolute atomic E-state index is 12.1. The van der Waals surface area contributed by atoms with Crippen LogP contribution in [-0.4, -0.2) is 36.3 Å². The van der Waals surface area contributed by atoms with E-state index in [1.807, 2.05) is 0 Å². The van der Waals surface area contributed by atoms with E-state index in [0.717, 1.165) is 18.6 Å². The average Bonchev–Trinajstić information content (AvgIpc) is 2.97. The lowest BCUT2D eigenvalue weighted by molar-refractivity contribution is -0.124. The summed E-state index contributed by atoms with van der Waals surface area (Å²) in [4.78, 5) is 28.0. The standard InChI is InChI=1S/C19H25N3O4/c1-18(2)12-7-8-19(18,3)14(10-12)21-22-15(23)11-26-17(24)13-6-5-9-20-16(13)25-4/h5-6,9,12H,7-8,10-11H2,1-4H3,(H,22,23)/b21-14+. The van der Waals surface area contributed by atoms with Crippen LogP contribution < -0.4 is 10.2 Å². The highest BCUT2D eigenvalue weighted by Crippen LogP contribution is 2.63. The van der Waals surface area contributed by atoms with Gasteiger partial charge >= 0.3 is 5.97 Å². The maximum atomic E-state index is 12.1. The van der Waals surface area contributed by atoms with Gasteiger partial charge in [-0.3, -0.25) is 4.79 Å². The molecule has 2 saturated carbocycles. The summed E-state index contributed by atoms with van der Waals surface area (Å²) in [6, 6.07) is 3.13. The van der Waals surface area contributed by atoms with Gasteiger partial charge in [-0.2, -0.15) is 5.10 Å². The molecule has 140 valence electrons. The normalized spacial score (nSPS) is 27.4. The molecule has 2 atom stereocenters. The molecule has 2 aliphatic carbocycles. The summed E-state index contributed by atoms with van der Waals surface area (Å²) >= 11 is 0. The van der Waals surface area contributed by atoms with Crippen molar-refractivity contribution < 1.29 is 19.1 Å². The SMILES string of the molecule is COc1ncccc1C(=O)OCC(=O)N/N=C1\CC2CCC1(C)C2(C)C. The Morgan fingerprint density at radius 2 is 2.15 bits per heavy atom. The monoisotopic (exact) mass is 359 g/mol. The molecule has 2 fully saturated rings. The van der Waals surface area contributed by atoms with Gasteiger partial charge in [-0.1, -0.05) is 20.8 Å². The van der Waals surface area contributed by atoms with Crippen molar-refractivity contribution in [1.82, 2.24) is 10.4 Å². The van der Waals surface area contributed by atoms with E-state index in [-0.39, 0.29) is 22.3 Å². The Labute approximate surface area is 153 Å². The fraction of sp³-hybridized carbons (Fsp3) is 0.579. The molecule has 1 amide bonds. The van der Waals surface area contributed by atoms with E-state index in [0.29, 0.717) is 5.92 Å². The Morgan fingerprint density at radius 3 is 2.77 bits per heavy atom. The van der Waals surface area contributed by atoms with E-state index in [4.69, 9.17) is 9.47 Å². The first-order valence-electron chi connectivity index (χ1n) is 8.81. The van der Waals surface area contributed by atoms with Gasteiger partial charge < -0.3 is 9.47 Å². The summed E-state index contributed by atoms with van der Waals surface area (Å²) < 4.78 is 10.0. The fourth-order valence-electron chi connectivity index (χ4n) is 4.18. The Bertz CT molecular complexity index is 759. The summed E-state index contributed by atoms with van der Waals surface area (Å²) in [5.41, 5.74) is 3.96. The predicted molar refractivity (Wildman–Crippen MR) is 95.9 cm³/mol. The summed E-state index contributed by atoms with van der Waals surface area (Å²) in [6.45, 7) is 6.37. The number of ether oxygens (including phenoxy) is 2. The number of nitrogens with zero attached hydrogens (tertiary/aromatic N) is 2. The molecule has 0 radical (unpaired) electrons. The molecule has 2 unspecified atom stereocenters. The quantitative estimate of drug-likeness (QED) is 0.645. The van der Waals surface area contributed by atoms with Crippen molar-refractivity contribution in [3.05, 3.63) is 23.9 Å². The predicted octanol–water partition coefficient (Wildman–Crippen LogP) is 2.57. The largest absolute Gasteiger partial charge is 0.480 e. The Hall–Kier alpha value is -2.44. The van der Waals surface area contributed by atoms with Crippen LogP contribution in [-0.2, 0) is 9.53 Å². The topological polar surface area (TPSA) is 89.9 Å². The van der Waals surface area contributed by atoms with Crippen LogP contribution in [0.3, 0.4) is 0 Å². The van der Waals surface area contributed by atoms with Gasteiger partial charge in [-0.05, 0) is 42.7 Å². The minimum absolute atomic E-state index is 0.0185. The minimum Gasteiger partial charge on any atom is -0.480 e. The highest BCUT2D eigenvalue weighted by atomic mass is 16.5. The van der Waals surface area contributed by atoms with E-state index in [2.05, 4.69) is 36.3 Å². The molecular formula is C19H25N3O4. The Morgan fingerprint density at radius 1 is 1.38 bits per heavy atom. The number of methoxy groups -OCH3 is 1. The smallest absolute Gasteiger partial charge is 0.344 e. The number of amides is 1. The summed E-state index contributed by atoms with van der Waals surface area (Å²) in [5.74, 6) is -0.349. The van der Waals surface area contributed by atoms with Crippen LogP contribution in [0, 0.1) is 16.7 Å². The molecule has 0 spiro atoms. The van der Waals surface area contributed by atoms with Crippen molar-refractivity contribution in [1.29, 1.82) is 0 Å². The molecule has 1 aromatic heterocycles. The number of carbonyl (C=O) groups is 2. The van der Waals surface area contributed by atoms with E-state index in [1.54, 1.807) is 6.07 Å². The number of rotatable bonds is 5. The van der Waals surface area contributed by atoms with Crippen LogP contribution in [0.4, 0.5) is 0 Å².